The minimum atomic E-state index is 0.678. The van der Waals surface area contributed by atoms with E-state index in [0.717, 1.165) is 17.8 Å². The fourth-order valence-electron chi connectivity index (χ4n) is 1.70. The summed E-state index contributed by atoms with van der Waals surface area (Å²) < 4.78 is 11.3. The van der Waals surface area contributed by atoms with Crippen LogP contribution in [0.3, 0.4) is 0 Å². The van der Waals surface area contributed by atoms with Crippen molar-refractivity contribution in [1.82, 2.24) is 0 Å². The maximum absolute atomic E-state index is 5.69. The van der Waals surface area contributed by atoms with Gasteiger partial charge < -0.3 is 0 Å². The Balaban J connectivity index is 2.90. The van der Waals surface area contributed by atoms with Gasteiger partial charge in [-0.3, -0.25) is 0 Å². The second kappa shape index (κ2) is 7.31. The molecule has 0 aliphatic heterocycles. The van der Waals surface area contributed by atoms with Gasteiger partial charge in [-0.25, -0.2) is 0 Å². The fourth-order valence-corrected chi connectivity index (χ4v) is 1.70. The minimum absolute atomic E-state index is 0.678. The summed E-state index contributed by atoms with van der Waals surface area (Å²) in [6.07, 6.45) is 3.45. The van der Waals surface area contributed by atoms with Gasteiger partial charge in [0.25, 0.3) is 0 Å². The van der Waals surface area contributed by atoms with Crippen LogP contribution < -0.4 is 9.47 Å². The maximum atomic E-state index is 5.69. The van der Waals surface area contributed by atoms with Crippen LogP contribution in [0.1, 0.15) is 39.2 Å². The van der Waals surface area contributed by atoms with E-state index in [4.69, 9.17) is 9.47 Å². The quantitative estimate of drug-likeness (QED) is 0.702. The monoisotopic (exact) mass is 220 g/mol. The molecule has 0 N–H and O–H groups in total. The van der Waals surface area contributed by atoms with Crippen molar-refractivity contribution in [3.8, 4) is 11.4 Å². The van der Waals surface area contributed by atoms with Crippen LogP contribution in [0.2, 0.25) is 0 Å². The molecule has 1 heterocycles. The molecule has 0 saturated carbocycles. The van der Waals surface area contributed by atoms with Crippen LogP contribution in [0.4, 0.5) is 0 Å². The summed E-state index contributed by atoms with van der Waals surface area (Å²) in [5, 5.41) is 0. The first-order valence-corrected chi connectivity index (χ1v) is 6.20. The van der Waals surface area contributed by atoms with Gasteiger partial charge in [0.2, 0.25) is 0 Å². The summed E-state index contributed by atoms with van der Waals surface area (Å²) >= 11 is 0. The molecule has 1 aromatic rings. The summed E-state index contributed by atoms with van der Waals surface area (Å²) in [5.74, 6) is 2.97. The number of ether oxygens (including phenoxy) is 2. The second-order valence-electron chi connectivity index (χ2n) is 3.71. The van der Waals surface area contributed by atoms with E-state index in [-0.39, 0.29) is 0 Å². The molecule has 88 valence electrons. The van der Waals surface area contributed by atoms with E-state index < -0.39 is 0 Å². The molecular formula is C13H21BO2. The van der Waals surface area contributed by atoms with Gasteiger partial charge in [0.1, 0.15) is 0 Å². The van der Waals surface area contributed by atoms with Gasteiger partial charge in [0.15, 0.2) is 0 Å². The average Bonchev–Trinajstić information content (AvgIpc) is 2.30. The van der Waals surface area contributed by atoms with Crippen molar-refractivity contribution in [2.24, 2.45) is 0 Å². The third-order valence-electron chi connectivity index (χ3n) is 2.45. The van der Waals surface area contributed by atoms with Crippen LogP contribution >= 0.6 is 0 Å². The molecule has 16 heavy (non-hydrogen) atoms. The summed E-state index contributed by atoms with van der Waals surface area (Å²) in [6, 6.07) is 2.13. The van der Waals surface area contributed by atoms with Crippen LogP contribution in [-0.2, 0) is 6.42 Å². The second-order valence-corrected chi connectivity index (χ2v) is 3.71. The van der Waals surface area contributed by atoms with Crippen molar-refractivity contribution >= 4 is 6.91 Å². The number of aryl methyl sites for hydroxylation is 1. The fraction of sp³-hybridized carbons (Fsp3) is 0.615. The van der Waals surface area contributed by atoms with E-state index in [2.05, 4.69) is 13.0 Å². The Morgan fingerprint density at radius 3 is 2.50 bits per heavy atom. The molecular weight excluding hydrogens is 199 g/mol. The van der Waals surface area contributed by atoms with E-state index in [1.807, 2.05) is 26.7 Å². The van der Waals surface area contributed by atoms with Crippen LogP contribution in [0.25, 0.3) is 0 Å². The number of unbranched alkanes of at least 4 members (excludes halogenated alkanes) is 1. The molecule has 3 heteroatoms. The zero-order valence-electron chi connectivity index (χ0n) is 10.6. The van der Waals surface area contributed by atoms with Crippen LogP contribution in [-0.4, -0.2) is 20.1 Å². The Morgan fingerprint density at radius 2 is 1.88 bits per heavy atom. The molecule has 0 amide bonds. The molecule has 0 aliphatic rings. The normalized spacial score (nSPS) is 9.94. The van der Waals surface area contributed by atoms with Gasteiger partial charge in [-0.15, -0.1) is 0 Å². The molecule has 1 aromatic heterocycles. The average molecular weight is 220 g/mol. The molecule has 0 radical (unpaired) electrons. The molecule has 0 saturated heterocycles. The molecule has 0 aliphatic carbocycles. The summed E-state index contributed by atoms with van der Waals surface area (Å²) in [4.78, 5) is 0. The van der Waals surface area contributed by atoms with E-state index in [1.54, 1.807) is 0 Å². The zero-order valence-corrected chi connectivity index (χ0v) is 10.6. The number of hydrogen-bond acceptors (Lipinski definition) is 2. The van der Waals surface area contributed by atoms with Crippen LogP contribution in [0, 0.1) is 0 Å². The van der Waals surface area contributed by atoms with Gasteiger partial charge >= 0.3 is 98.6 Å². The van der Waals surface area contributed by atoms with Crippen molar-refractivity contribution in [3.05, 3.63) is 17.6 Å². The molecule has 0 spiro atoms. The van der Waals surface area contributed by atoms with Gasteiger partial charge in [-0.2, -0.15) is 0 Å². The van der Waals surface area contributed by atoms with Gasteiger partial charge in [0, 0.05) is 0 Å². The molecule has 0 bridgehead atoms. The third-order valence-corrected chi connectivity index (χ3v) is 2.45. The molecule has 0 atom stereocenters. The van der Waals surface area contributed by atoms with Crippen LogP contribution in [0.5, 0.6) is 11.4 Å². The first kappa shape index (κ1) is 13.1. The van der Waals surface area contributed by atoms with Crippen molar-refractivity contribution in [2.75, 3.05) is 13.2 Å². The zero-order chi connectivity index (χ0) is 11.8. The number of rotatable bonds is 7. The first-order valence-electron chi connectivity index (χ1n) is 6.20. The Bertz CT molecular complexity index is 313. The van der Waals surface area contributed by atoms with E-state index >= 15 is 0 Å². The first-order chi connectivity index (χ1) is 7.83. The predicted octanol–water partition coefficient (Wildman–Crippen LogP) is 3.16. The van der Waals surface area contributed by atoms with Gasteiger partial charge in [0.05, 0.1) is 0 Å². The molecule has 0 aromatic carbocycles. The molecule has 1 rings (SSSR count). The SMILES string of the molecule is CCCCc1ccbc(OCC)c1OCC. The summed E-state index contributed by atoms with van der Waals surface area (Å²) in [6.45, 7) is 9.54. The predicted molar refractivity (Wildman–Crippen MR) is 68.7 cm³/mol. The summed E-state index contributed by atoms with van der Waals surface area (Å²) in [5.41, 5.74) is 2.13. The van der Waals surface area contributed by atoms with Gasteiger partial charge in [-0.1, -0.05) is 0 Å². The van der Waals surface area contributed by atoms with Crippen molar-refractivity contribution in [3.63, 3.8) is 0 Å². The molecule has 0 unspecified atom stereocenters. The standard InChI is InChI=1S/C13H21BO2/c1-4-7-8-11-9-10-14-13(16-6-3)12(11)15-5-2/h9-10H,4-8H2,1-3H3. The van der Waals surface area contributed by atoms with Crippen LogP contribution in [0.15, 0.2) is 12.0 Å². The Hall–Kier alpha value is -0.985. The summed E-state index contributed by atoms with van der Waals surface area (Å²) in [7, 11) is 0. The van der Waals surface area contributed by atoms with Crippen molar-refractivity contribution < 1.29 is 9.47 Å². The van der Waals surface area contributed by atoms with E-state index in [0.29, 0.717) is 13.2 Å². The Morgan fingerprint density at radius 1 is 1.12 bits per heavy atom. The topological polar surface area (TPSA) is 18.5 Å². The third kappa shape index (κ3) is 3.55. The van der Waals surface area contributed by atoms with E-state index in [1.165, 1.54) is 18.4 Å². The Kier molecular flexibility index (Phi) is 5.98. The Labute approximate surface area is 99.2 Å². The number of hydrogen-bond donors (Lipinski definition) is 0. The van der Waals surface area contributed by atoms with Gasteiger partial charge in [-0.05, 0) is 0 Å². The molecule has 2 nitrogen and oxygen atoms in total. The van der Waals surface area contributed by atoms with Crippen molar-refractivity contribution in [2.45, 2.75) is 40.0 Å². The molecule has 0 fully saturated rings. The van der Waals surface area contributed by atoms with Crippen molar-refractivity contribution in [1.29, 1.82) is 0 Å². The van der Waals surface area contributed by atoms with E-state index in [9.17, 15) is 0 Å².